The van der Waals surface area contributed by atoms with E-state index < -0.39 is 5.91 Å². The molecule has 0 aliphatic rings. The standard InChI is InChI=1S/C10H14N2O2/c11-10(14)6-12-9(7-13)8-4-2-1-3-5-8/h1-5,9,12-13H,6-7H2,(H2,11,14). The number of hydrogen-bond donors (Lipinski definition) is 3. The summed E-state index contributed by atoms with van der Waals surface area (Å²) in [5.41, 5.74) is 5.93. The van der Waals surface area contributed by atoms with Gasteiger partial charge in [-0.25, -0.2) is 0 Å². The molecule has 1 rings (SSSR count). The predicted molar refractivity (Wildman–Crippen MR) is 53.5 cm³/mol. The smallest absolute Gasteiger partial charge is 0.231 e. The summed E-state index contributed by atoms with van der Waals surface area (Å²) >= 11 is 0. The van der Waals surface area contributed by atoms with Gasteiger partial charge >= 0.3 is 0 Å². The first-order valence-electron chi connectivity index (χ1n) is 4.41. The second-order valence-corrected chi connectivity index (χ2v) is 2.99. The highest BCUT2D eigenvalue weighted by atomic mass is 16.3. The van der Waals surface area contributed by atoms with Gasteiger partial charge in [0, 0.05) is 0 Å². The van der Waals surface area contributed by atoms with E-state index in [9.17, 15) is 4.79 Å². The molecule has 0 heterocycles. The molecule has 0 aliphatic heterocycles. The summed E-state index contributed by atoms with van der Waals surface area (Å²) in [5, 5.41) is 11.9. The van der Waals surface area contributed by atoms with Crippen LogP contribution in [0.15, 0.2) is 30.3 Å². The molecule has 76 valence electrons. The van der Waals surface area contributed by atoms with Gasteiger partial charge in [-0.15, -0.1) is 0 Å². The van der Waals surface area contributed by atoms with Crippen molar-refractivity contribution in [2.24, 2.45) is 5.73 Å². The molecule has 0 saturated carbocycles. The molecule has 0 saturated heterocycles. The Morgan fingerprint density at radius 2 is 2.07 bits per heavy atom. The number of primary amides is 1. The first-order chi connectivity index (χ1) is 6.74. The normalized spacial score (nSPS) is 12.4. The lowest BCUT2D eigenvalue weighted by Gasteiger charge is -2.15. The molecule has 4 heteroatoms. The minimum atomic E-state index is -0.431. The molecule has 4 N–H and O–H groups in total. The zero-order valence-electron chi connectivity index (χ0n) is 7.81. The number of carbonyl (C=O) groups excluding carboxylic acids is 1. The van der Waals surface area contributed by atoms with Gasteiger partial charge in [0.25, 0.3) is 0 Å². The van der Waals surface area contributed by atoms with Crippen LogP contribution in [0.3, 0.4) is 0 Å². The Bertz CT molecular complexity index is 287. The van der Waals surface area contributed by atoms with Crippen LogP contribution in [-0.4, -0.2) is 24.2 Å². The van der Waals surface area contributed by atoms with E-state index in [1.807, 2.05) is 30.3 Å². The second kappa shape index (κ2) is 5.36. The topological polar surface area (TPSA) is 75.4 Å². The molecular weight excluding hydrogens is 180 g/mol. The Morgan fingerprint density at radius 1 is 1.43 bits per heavy atom. The fourth-order valence-corrected chi connectivity index (χ4v) is 1.20. The van der Waals surface area contributed by atoms with Crippen molar-refractivity contribution in [3.8, 4) is 0 Å². The summed E-state index contributed by atoms with van der Waals surface area (Å²) in [6.07, 6.45) is 0. The van der Waals surface area contributed by atoms with Gasteiger partial charge in [0.15, 0.2) is 0 Å². The van der Waals surface area contributed by atoms with Crippen molar-refractivity contribution in [3.63, 3.8) is 0 Å². The highest BCUT2D eigenvalue weighted by Gasteiger charge is 2.09. The largest absolute Gasteiger partial charge is 0.394 e. The van der Waals surface area contributed by atoms with Crippen LogP contribution < -0.4 is 11.1 Å². The van der Waals surface area contributed by atoms with Crippen LogP contribution in [0.4, 0.5) is 0 Å². The van der Waals surface area contributed by atoms with Crippen molar-refractivity contribution in [2.75, 3.05) is 13.2 Å². The zero-order chi connectivity index (χ0) is 10.4. The number of aliphatic hydroxyl groups excluding tert-OH is 1. The third kappa shape index (κ3) is 3.16. The molecule has 0 bridgehead atoms. The lowest BCUT2D eigenvalue weighted by atomic mass is 10.1. The highest BCUT2D eigenvalue weighted by Crippen LogP contribution is 2.10. The molecule has 1 atom stereocenters. The predicted octanol–water partition coefficient (Wildman–Crippen LogP) is -0.205. The number of aliphatic hydroxyl groups is 1. The lowest BCUT2D eigenvalue weighted by Crippen LogP contribution is -2.33. The van der Waals surface area contributed by atoms with E-state index in [0.717, 1.165) is 5.56 Å². The Hall–Kier alpha value is -1.39. The van der Waals surface area contributed by atoms with Crippen LogP contribution in [0.1, 0.15) is 11.6 Å². The van der Waals surface area contributed by atoms with Crippen LogP contribution in [0.2, 0.25) is 0 Å². The summed E-state index contributed by atoms with van der Waals surface area (Å²) in [4.78, 5) is 10.5. The van der Waals surface area contributed by atoms with Crippen molar-refractivity contribution < 1.29 is 9.90 Å². The van der Waals surface area contributed by atoms with Gasteiger partial charge in [-0.1, -0.05) is 30.3 Å². The number of benzene rings is 1. The van der Waals surface area contributed by atoms with Gasteiger partial charge < -0.3 is 10.8 Å². The van der Waals surface area contributed by atoms with E-state index in [1.165, 1.54) is 0 Å². The van der Waals surface area contributed by atoms with Crippen molar-refractivity contribution in [1.82, 2.24) is 5.32 Å². The van der Waals surface area contributed by atoms with Crippen molar-refractivity contribution >= 4 is 5.91 Å². The number of hydrogen-bond acceptors (Lipinski definition) is 3. The fourth-order valence-electron chi connectivity index (χ4n) is 1.20. The maximum absolute atomic E-state index is 10.5. The minimum Gasteiger partial charge on any atom is -0.394 e. The summed E-state index contributed by atoms with van der Waals surface area (Å²) in [7, 11) is 0. The molecule has 1 aromatic carbocycles. The van der Waals surface area contributed by atoms with Crippen LogP contribution in [0, 0.1) is 0 Å². The molecule has 0 fully saturated rings. The summed E-state index contributed by atoms with van der Waals surface area (Å²) in [6.45, 7) is 0.0113. The van der Waals surface area contributed by atoms with Crippen LogP contribution in [-0.2, 0) is 4.79 Å². The number of nitrogens with two attached hydrogens (primary N) is 1. The van der Waals surface area contributed by atoms with Gasteiger partial charge in [-0.2, -0.15) is 0 Å². The molecule has 1 amide bonds. The number of nitrogens with one attached hydrogen (secondary N) is 1. The van der Waals surface area contributed by atoms with Crippen molar-refractivity contribution in [2.45, 2.75) is 6.04 Å². The second-order valence-electron chi connectivity index (χ2n) is 2.99. The van der Waals surface area contributed by atoms with Crippen molar-refractivity contribution in [1.29, 1.82) is 0 Å². The van der Waals surface area contributed by atoms with Gasteiger partial charge in [-0.05, 0) is 5.56 Å². The Morgan fingerprint density at radius 3 is 2.57 bits per heavy atom. The summed E-state index contributed by atoms with van der Waals surface area (Å²) < 4.78 is 0. The lowest BCUT2D eigenvalue weighted by molar-refractivity contribution is -0.117. The first-order valence-corrected chi connectivity index (χ1v) is 4.41. The maximum Gasteiger partial charge on any atom is 0.231 e. The molecular formula is C10H14N2O2. The van der Waals surface area contributed by atoms with E-state index >= 15 is 0 Å². The van der Waals surface area contributed by atoms with E-state index in [0.29, 0.717) is 0 Å². The molecule has 1 unspecified atom stereocenters. The fraction of sp³-hybridized carbons (Fsp3) is 0.300. The summed E-state index contributed by atoms with van der Waals surface area (Å²) in [5.74, 6) is -0.431. The maximum atomic E-state index is 10.5. The Labute approximate surface area is 82.7 Å². The van der Waals surface area contributed by atoms with Gasteiger partial charge in [-0.3, -0.25) is 10.1 Å². The van der Waals surface area contributed by atoms with E-state index in [4.69, 9.17) is 10.8 Å². The average Bonchev–Trinajstić information content (AvgIpc) is 2.20. The van der Waals surface area contributed by atoms with Gasteiger partial charge in [0.1, 0.15) is 0 Å². The van der Waals surface area contributed by atoms with Gasteiger partial charge in [0.2, 0.25) is 5.91 Å². The molecule has 1 aromatic rings. The quantitative estimate of drug-likeness (QED) is 0.607. The van der Waals surface area contributed by atoms with E-state index in [2.05, 4.69) is 5.32 Å². The summed E-state index contributed by atoms with van der Waals surface area (Å²) in [6, 6.07) is 9.19. The zero-order valence-corrected chi connectivity index (χ0v) is 7.81. The number of amides is 1. The van der Waals surface area contributed by atoms with E-state index in [-0.39, 0.29) is 19.2 Å². The van der Waals surface area contributed by atoms with Crippen LogP contribution >= 0.6 is 0 Å². The third-order valence-electron chi connectivity index (χ3n) is 1.91. The minimum absolute atomic E-state index is 0.0582. The third-order valence-corrected chi connectivity index (χ3v) is 1.91. The average molecular weight is 194 g/mol. The molecule has 14 heavy (non-hydrogen) atoms. The molecule has 0 spiro atoms. The number of carbonyl (C=O) groups is 1. The van der Waals surface area contributed by atoms with Crippen LogP contribution in [0.5, 0.6) is 0 Å². The molecule has 4 nitrogen and oxygen atoms in total. The van der Waals surface area contributed by atoms with E-state index in [1.54, 1.807) is 0 Å². The molecule has 0 aliphatic carbocycles. The first kappa shape index (κ1) is 10.7. The van der Waals surface area contributed by atoms with Crippen LogP contribution in [0.25, 0.3) is 0 Å². The molecule has 0 radical (unpaired) electrons. The van der Waals surface area contributed by atoms with Crippen molar-refractivity contribution in [3.05, 3.63) is 35.9 Å². The monoisotopic (exact) mass is 194 g/mol. The Kier molecular flexibility index (Phi) is 4.10. The highest BCUT2D eigenvalue weighted by molar-refractivity contribution is 5.75. The Balaban J connectivity index is 2.58. The van der Waals surface area contributed by atoms with Gasteiger partial charge in [0.05, 0.1) is 19.2 Å². The molecule has 0 aromatic heterocycles. The number of rotatable bonds is 5. The SMILES string of the molecule is NC(=O)CNC(CO)c1ccccc1.